The Labute approximate surface area is 110 Å². The standard InChI is InChI=1S/C12H20F3NO3/c1-3-9-7-11(5-6-19-9,10(17)18-4-2)16-8-12(13,14)15/h9,16H,3-8H2,1-2H3. The normalized spacial score (nSPS) is 28.2. The second-order valence-corrected chi connectivity index (χ2v) is 4.63. The van der Waals surface area contributed by atoms with Crippen LogP contribution in [0.2, 0.25) is 0 Å². The van der Waals surface area contributed by atoms with Crippen LogP contribution in [0.25, 0.3) is 0 Å². The second-order valence-electron chi connectivity index (χ2n) is 4.63. The molecule has 1 saturated heterocycles. The number of esters is 1. The fraction of sp³-hybridized carbons (Fsp3) is 0.917. The number of alkyl halides is 3. The van der Waals surface area contributed by atoms with E-state index in [-0.39, 0.29) is 32.2 Å². The molecule has 0 saturated carbocycles. The van der Waals surface area contributed by atoms with Crippen molar-refractivity contribution in [1.82, 2.24) is 5.32 Å². The first-order valence-electron chi connectivity index (χ1n) is 6.43. The van der Waals surface area contributed by atoms with Gasteiger partial charge in [-0.2, -0.15) is 13.2 Å². The van der Waals surface area contributed by atoms with Crippen molar-refractivity contribution in [3.05, 3.63) is 0 Å². The summed E-state index contributed by atoms with van der Waals surface area (Å²) in [4.78, 5) is 12.0. The van der Waals surface area contributed by atoms with Gasteiger partial charge in [-0.05, 0) is 19.8 Å². The Bertz CT molecular complexity index is 309. The van der Waals surface area contributed by atoms with Gasteiger partial charge >= 0.3 is 12.1 Å². The average Bonchev–Trinajstić information content (AvgIpc) is 2.36. The molecule has 1 aliphatic heterocycles. The van der Waals surface area contributed by atoms with Crippen LogP contribution in [0.5, 0.6) is 0 Å². The average molecular weight is 283 g/mol. The van der Waals surface area contributed by atoms with E-state index in [1.54, 1.807) is 6.92 Å². The summed E-state index contributed by atoms with van der Waals surface area (Å²) in [6.45, 7) is 2.69. The zero-order chi connectivity index (χ0) is 14.5. The lowest BCUT2D eigenvalue weighted by Gasteiger charge is -2.39. The molecule has 1 heterocycles. The minimum absolute atomic E-state index is 0.145. The molecule has 19 heavy (non-hydrogen) atoms. The molecule has 1 aliphatic rings. The second kappa shape index (κ2) is 6.56. The van der Waals surface area contributed by atoms with Crippen molar-refractivity contribution in [3.63, 3.8) is 0 Å². The Morgan fingerprint density at radius 3 is 2.68 bits per heavy atom. The van der Waals surface area contributed by atoms with Crippen LogP contribution in [0.1, 0.15) is 33.1 Å². The van der Waals surface area contributed by atoms with Crippen molar-refractivity contribution in [2.75, 3.05) is 19.8 Å². The molecule has 0 spiro atoms. The van der Waals surface area contributed by atoms with Crippen molar-refractivity contribution in [3.8, 4) is 0 Å². The highest BCUT2D eigenvalue weighted by atomic mass is 19.4. The number of hydrogen-bond donors (Lipinski definition) is 1. The van der Waals surface area contributed by atoms with Gasteiger partial charge in [-0.15, -0.1) is 0 Å². The molecule has 0 aromatic rings. The largest absolute Gasteiger partial charge is 0.465 e. The lowest BCUT2D eigenvalue weighted by molar-refractivity contribution is -0.164. The van der Waals surface area contributed by atoms with E-state index in [9.17, 15) is 18.0 Å². The summed E-state index contributed by atoms with van der Waals surface area (Å²) in [5, 5.41) is 2.34. The quantitative estimate of drug-likeness (QED) is 0.784. The van der Waals surface area contributed by atoms with Crippen LogP contribution in [-0.4, -0.2) is 43.5 Å². The van der Waals surface area contributed by atoms with Gasteiger partial charge in [0.1, 0.15) is 5.54 Å². The maximum atomic E-state index is 12.4. The van der Waals surface area contributed by atoms with Gasteiger partial charge in [0.2, 0.25) is 0 Å². The minimum Gasteiger partial charge on any atom is -0.465 e. The molecule has 1 rings (SSSR count). The number of nitrogens with one attached hydrogen (secondary N) is 1. The summed E-state index contributed by atoms with van der Waals surface area (Å²) in [6.07, 6.45) is -3.54. The van der Waals surface area contributed by atoms with Crippen LogP contribution in [0.3, 0.4) is 0 Å². The third-order valence-electron chi connectivity index (χ3n) is 3.21. The maximum absolute atomic E-state index is 12.4. The summed E-state index contributed by atoms with van der Waals surface area (Å²) in [6, 6.07) is 0. The van der Waals surface area contributed by atoms with Crippen molar-refractivity contribution >= 4 is 5.97 Å². The van der Waals surface area contributed by atoms with Gasteiger partial charge in [0.05, 0.1) is 19.3 Å². The van der Waals surface area contributed by atoms with Crippen molar-refractivity contribution < 1.29 is 27.4 Å². The molecule has 112 valence electrons. The Kier molecular flexibility index (Phi) is 5.61. The zero-order valence-corrected chi connectivity index (χ0v) is 11.2. The monoisotopic (exact) mass is 283 g/mol. The fourth-order valence-electron chi connectivity index (χ4n) is 2.17. The lowest BCUT2D eigenvalue weighted by atomic mass is 9.85. The van der Waals surface area contributed by atoms with Crippen molar-refractivity contribution in [2.24, 2.45) is 0 Å². The van der Waals surface area contributed by atoms with Gasteiger partial charge in [-0.1, -0.05) is 6.92 Å². The third-order valence-corrected chi connectivity index (χ3v) is 3.21. The van der Waals surface area contributed by atoms with E-state index in [0.717, 1.165) is 0 Å². The smallest absolute Gasteiger partial charge is 0.401 e. The van der Waals surface area contributed by atoms with Gasteiger partial charge < -0.3 is 9.47 Å². The highest BCUT2D eigenvalue weighted by Crippen LogP contribution is 2.29. The van der Waals surface area contributed by atoms with Crippen LogP contribution < -0.4 is 5.32 Å². The van der Waals surface area contributed by atoms with Crippen molar-refractivity contribution in [1.29, 1.82) is 0 Å². The summed E-state index contributed by atoms with van der Waals surface area (Å²) in [5.74, 6) is -0.624. The predicted molar refractivity (Wildman–Crippen MR) is 62.7 cm³/mol. The molecule has 0 bridgehead atoms. The number of carbonyl (C=O) groups is 1. The fourth-order valence-corrected chi connectivity index (χ4v) is 2.17. The van der Waals surface area contributed by atoms with Gasteiger partial charge in [-0.3, -0.25) is 10.1 Å². The zero-order valence-electron chi connectivity index (χ0n) is 11.2. The van der Waals surface area contributed by atoms with E-state index >= 15 is 0 Å². The molecule has 2 atom stereocenters. The number of carbonyl (C=O) groups excluding carboxylic acids is 1. The van der Waals surface area contributed by atoms with E-state index in [1.165, 1.54) is 0 Å². The number of rotatable bonds is 5. The van der Waals surface area contributed by atoms with E-state index in [2.05, 4.69) is 5.32 Å². The molecule has 2 unspecified atom stereocenters. The molecule has 0 amide bonds. The summed E-state index contributed by atoms with van der Waals surface area (Å²) < 4.78 is 47.4. The molecule has 4 nitrogen and oxygen atoms in total. The Balaban J connectivity index is 2.80. The first kappa shape index (κ1) is 16.2. The lowest BCUT2D eigenvalue weighted by Crippen LogP contribution is -2.59. The van der Waals surface area contributed by atoms with Crippen LogP contribution >= 0.6 is 0 Å². The molecule has 0 radical (unpaired) electrons. The minimum atomic E-state index is -4.36. The Hall–Kier alpha value is -0.820. The summed E-state index contributed by atoms with van der Waals surface area (Å²) >= 11 is 0. The SMILES string of the molecule is CCOC(=O)C1(NCC(F)(F)F)CCOC(CC)C1. The summed E-state index contributed by atoms with van der Waals surface area (Å²) in [7, 11) is 0. The molecule has 7 heteroatoms. The van der Waals surface area contributed by atoms with E-state index in [1.807, 2.05) is 6.92 Å². The molecular formula is C12H20F3NO3. The first-order valence-corrected chi connectivity index (χ1v) is 6.43. The van der Waals surface area contributed by atoms with Gasteiger partial charge in [0.15, 0.2) is 0 Å². The Morgan fingerprint density at radius 1 is 1.47 bits per heavy atom. The first-order chi connectivity index (χ1) is 8.83. The summed E-state index contributed by atoms with van der Waals surface area (Å²) in [5.41, 5.74) is -1.29. The van der Waals surface area contributed by atoms with Crippen LogP contribution in [-0.2, 0) is 14.3 Å². The highest BCUT2D eigenvalue weighted by molar-refractivity contribution is 5.81. The van der Waals surface area contributed by atoms with Crippen molar-refractivity contribution in [2.45, 2.75) is 50.9 Å². The predicted octanol–water partition coefficient (Wildman–Crippen LogP) is 2.03. The van der Waals surface area contributed by atoms with E-state index in [4.69, 9.17) is 9.47 Å². The van der Waals surface area contributed by atoms with Gasteiger partial charge in [0.25, 0.3) is 0 Å². The molecule has 1 N–H and O–H groups in total. The number of ether oxygens (including phenoxy) is 2. The van der Waals surface area contributed by atoms with Crippen LogP contribution in [0.4, 0.5) is 13.2 Å². The highest BCUT2D eigenvalue weighted by Gasteiger charge is 2.46. The van der Waals surface area contributed by atoms with Gasteiger partial charge in [-0.25, -0.2) is 0 Å². The molecule has 0 aliphatic carbocycles. The Morgan fingerprint density at radius 2 is 2.16 bits per heavy atom. The molecule has 0 aromatic carbocycles. The third kappa shape index (κ3) is 4.65. The molecular weight excluding hydrogens is 263 g/mol. The number of halogens is 3. The van der Waals surface area contributed by atoms with Gasteiger partial charge in [0, 0.05) is 13.0 Å². The van der Waals surface area contributed by atoms with Crippen LogP contribution in [0, 0.1) is 0 Å². The molecule has 1 fully saturated rings. The maximum Gasteiger partial charge on any atom is 0.401 e. The van der Waals surface area contributed by atoms with E-state index < -0.39 is 24.2 Å². The van der Waals surface area contributed by atoms with Crippen LogP contribution in [0.15, 0.2) is 0 Å². The number of hydrogen-bond acceptors (Lipinski definition) is 4. The van der Waals surface area contributed by atoms with E-state index in [0.29, 0.717) is 6.42 Å². The molecule has 0 aromatic heterocycles. The topological polar surface area (TPSA) is 47.6 Å².